The van der Waals surface area contributed by atoms with Gasteiger partial charge in [-0.3, -0.25) is 4.79 Å². The first-order chi connectivity index (χ1) is 8.51. The Balaban J connectivity index is 2.97. The first-order valence-corrected chi connectivity index (χ1v) is 6.52. The Hall–Kier alpha value is -1.07. The fourth-order valence-corrected chi connectivity index (χ4v) is 1.90. The average Bonchev–Trinajstić information content (AvgIpc) is 2.34. The zero-order chi connectivity index (χ0) is 13.7. The van der Waals surface area contributed by atoms with E-state index >= 15 is 0 Å². The van der Waals surface area contributed by atoms with Crippen LogP contribution in [-0.4, -0.2) is 27.5 Å². The molecule has 5 nitrogen and oxygen atoms in total. The van der Waals surface area contributed by atoms with Gasteiger partial charge >= 0.3 is 0 Å². The van der Waals surface area contributed by atoms with Gasteiger partial charge in [-0.05, 0) is 19.3 Å². The summed E-state index contributed by atoms with van der Waals surface area (Å²) in [5, 5.41) is 16.4. The van der Waals surface area contributed by atoms with Crippen LogP contribution >= 0.6 is 11.6 Å². The highest BCUT2D eigenvalue weighted by Gasteiger charge is 2.16. The number of halogens is 1. The highest BCUT2D eigenvalue weighted by molar-refractivity contribution is 6.32. The van der Waals surface area contributed by atoms with E-state index in [1.54, 1.807) is 6.20 Å². The molecule has 6 heteroatoms. The molecule has 1 unspecified atom stereocenters. The van der Waals surface area contributed by atoms with Crippen LogP contribution in [0.5, 0.6) is 0 Å². The van der Waals surface area contributed by atoms with Gasteiger partial charge in [0.05, 0.1) is 11.9 Å². The van der Waals surface area contributed by atoms with Crippen LogP contribution in [0.1, 0.15) is 27.2 Å². The van der Waals surface area contributed by atoms with Gasteiger partial charge in [0.15, 0.2) is 0 Å². The van der Waals surface area contributed by atoms with Crippen LogP contribution < -0.4 is 10.9 Å². The van der Waals surface area contributed by atoms with Gasteiger partial charge in [-0.2, -0.15) is 5.10 Å². The second-order valence-corrected chi connectivity index (χ2v) is 4.88. The number of hydrogen-bond donors (Lipinski definition) is 2. The Morgan fingerprint density at radius 2 is 2.22 bits per heavy atom. The predicted molar refractivity (Wildman–Crippen MR) is 73.1 cm³/mol. The first kappa shape index (κ1) is 15.0. The summed E-state index contributed by atoms with van der Waals surface area (Å²) in [6.45, 7) is 6.50. The number of nitrogens with zero attached hydrogens (tertiary/aromatic N) is 2. The van der Waals surface area contributed by atoms with Crippen molar-refractivity contribution in [3.63, 3.8) is 0 Å². The molecule has 0 fully saturated rings. The fourth-order valence-electron chi connectivity index (χ4n) is 1.70. The zero-order valence-corrected chi connectivity index (χ0v) is 11.7. The molecule has 0 amide bonds. The summed E-state index contributed by atoms with van der Waals surface area (Å²) < 4.78 is 1.31. The Morgan fingerprint density at radius 3 is 2.72 bits per heavy atom. The maximum atomic E-state index is 11.8. The van der Waals surface area contributed by atoms with Crippen molar-refractivity contribution in [3.05, 3.63) is 21.6 Å². The van der Waals surface area contributed by atoms with E-state index in [1.807, 2.05) is 20.8 Å². The molecule has 1 aromatic rings. The lowest BCUT2D eigenvalue weighted by atomic mass is 10.0. The van der Waals surface area contributed by atoms with Gasteiger partial charge in [-0.15, -0.1) is 0 Å². The standard InChI is InChI=1S/C12H20ClN3O2/c1-4-16-12(18)11(13)10(7-14-16)15-9(5-6-17)8(2)3/h7-9,15,17H,4-6H2,1-3H3. The summed E-state index contributed by atoms with van der Waals surface area (Å²) in [5.74, 6) is 0.321. The second kappa shape index (κ2) is 6.75. The van der Waals surface area contributed by atoms with Crippen LogP contribution in [-0.2, 0) is 6.54 Å². The van der Waals surface area contributed by atoms with E-state index in [-0.39, 0.29) is 23.2 Å². The summed E-state index contributed by atoms with van der Waals surface area (Å²) >= 11 is 6.03. The number of aliphatic hydroxyl groups is 1. The van der Waals surface area contributed by atoms with Gasteiger partial charge in [-0.25, -0.2) is 4.68 Å². The SMILES string of the molecule is CCn1ncc(NC(CCO)C(C)C)c(Cl)c1=O. The van der Waals surface area contributed by atoms with Gasteiger partial charge in [-0.1, -0.05) is 25.4 Å². The quantitative estimate of drug-likeness (QED) is 0.828. The second-order valence-electron chi connectivity index (χ2n) is 4.50. The molecule has 0 aliphatic heterocycles. The van der Waals surface area contributed by atoms with Gasteiger partial charge in [0.25, 0.3) is 5.56 Å². The third-order valence-corrected chi connectivity index (χ3v) is 3.24. The van der Waals surface area contributed by atoms with Crippen molar-refractivity contribution in [1.29, 1.82) is 0 Å². The summed E-state index contributed by atoms with van der Waals surface area (Å²) in [7, 11) is 0. The average molecular weight is 274 g/mol. The number of nitrogens with one attached hydrogen (secondary N) is 1. The normalized spacial score (nSPS) is 12.8. The molecule has 1 rings (SSSR count). The van der Waals surface area contributed by atoms with Crippen LogP contribution in [0.15, 0.2) is 11.0 Å². The monoisotopic (exact) mass is 273 g/mol. The van der Waals surface area contributed by atoms with Crippen molar-refractivity contribution in [2.75, 3.05) is 11.9 Å². The molecule has 0 spiro atoms. The van der Waals surface area contributed by atoms with Crippen molar-refractivity contribution in [2.45, 2.75) is 39.8 Å². The number of hydrogen-bond acceptors (Lipinski definition) is 4. The predicted octanol–water partition coefficient (Wildman–Crippen LogP) is 1.74. The summed E-state index contributed by atoms with van der Waals surface area (Å²) in [6.07, 6.45) is 2.16. The molecule has 1 heterocycles. The number of aryl methyl sites for hydroxylation is 1. The van der Waals surface area contributed by atoms with Crippen LogP contribution in [0, 0.1) is 5.92 Å². The molecule has 0 aliphatic rings. The van der Waals surface area contributed by atoms with Crippen LogP contribution in [0.3, 0.4) is 0 Å². The van der Waals surface area contributed by atoms with Crippen molar-refractivity contribution in [3.8, 4) is 0 Å². The van der Waals surface area contributed by atoms with Gasteiger partial charge in [0.2, 0.25) is 0 Å². The lowest BCUT2D eigenvalue weighted by Gasteiger charge is -2.23. The van der Waals surface area contributed by atoms with E-state index in [2.05, 4.69) is 10.4 Å². The Morgan fingerprint density at radius 1 is 1.56 bits per heavy atom. The summed E-state index contributed by atoms with van der Waals surface area (Å²) in [5.41, 5.74) is 0.231. The highest BCUT2D eigenvalue weighted by atomic mass is 35.5. The van der Waals surface area contributed by atoms with Gasteiger partial charge in [0.1, 0.15) is 5.02 Å². The van der Waals surface area contributed by atoms with Crippen molar-refractivity contribution in [2.24, 2.45) is 5.92 Å². The maximum absolute atomic E-state index is 11.8. The minimum Gasteiger partial charge on any atom is -0.396 e. The van der Waals surface area contributed by atoms with Crippen molar-refractivity contribution < 1.29 is 5.11 Å². The highest BCUT2D eigenvalue weighted by Crippen LogP contribution is 2.19. The molecule has 0 aliphatic carbocycles. The van der Waals surface area contributed by atoms with E-state index < -0.39 is 0 Å². The topological polar surface area (TPSA) is 67.2 Å². The molecule has 1 aromatic heterocycles. The number of rotatable bonds is 6. The number of aromatic nitrogens is 2. The first-order valence-electron chi connectivity index (χ1n) is 6.14. The lowest BCUT2D eigenvalue weighted by Crippen LogP contribution is -2.29. The van der Waals surface area contributed by atoms with Crippen LogP contribution in [0.4, 0.5) is 5.69 Å². The molecule has 0 aromatic carbocycles. The molecule has 0 saturated heterocycles. The zero-order valence-electron chi connectivity index (χ0n) is 11.0. The fraction of sp³-hybridized carbons (Fsp3) is 0.667. The van der Waals surface area contributed by atoms with Crippen LogP contribution in [0.25, 0.3) is 0 Å². The molecule has 1 atom stereocenters. The van der Waals surface area contributed by atoms with Crippen molar-refractivity contribution in [1.82, 2.24) is 9.78 Å². The van der Waals surface area contributed by atoms with Crippen LogP contribution in [0.2, 0.25) is 5.02 Å². The Labute approximate surface area is 112 Å². The molecule has 102 valence electrons. The smallest absolute Gasteiger partial charge is 0.287 e. The van der Waals surface area contributed by atoms with Gasteiger partial charge in [0, 0.05) is 19.2 Å². The summed E-state index contributed by atoms with van der Waals surface area (Å²) in [4.78, 5) is 11.8. The minimum atomic E-state index is -0.296. The largest absolute Gasteiger partial charge is 0.396 e. The molecule has 2 N–H and O–H groups in total. The molecular formula is C12H20ClN3O2. The van der Waals surface area contributed by atoms with Crippen molar-refractivity contribution >= 4 is 17.3 Å². The Kier molecular flexibility index (Phi) is 5.62. The number of anilines is 1. The van der Waals surface area contributed by atoms with E-state index in [4.69, 9.17) is 16.7 Å². The number of aliphatic hydroxyl groups excluding tert-OH is 1. The van der Waals surface area contributed by atoms with E-state index in [0.29, 0.717) is 24.6 Å². The maximum Gasteiger partial charge on any atom is 0.287 e. The molecule has 0 bridgehead atoms. The molecule has 0 radical (unpaired) electrons. The third kappa shape index (κ3) is 3.46. The summed E-state index contributed by atoms with van der Waals surface area (Å²) in [6, 6.07) is 0.0613. The van der Waals surface area contributed by atoms with E-state index in [0.717, 1.165) is 0 Å². The van der Waals surface area contributed by atoms with E-state index in [9.17, 15) is 4.79 Å². The van der Waals surface area contributed by atoms with E-state index in [1.165, 1.54) is 4.68 Å². The molecule has 18 heavy (non-hydrogen) atoms. The minimum absolute atomic E-state index is 0.0613. The molecular weight excluding hydrogens is 254 g/mol. The van der Waals surface area contributed by atoms with Gasteiger partial charge < -0.3 is 10.4 Å². The third-order valence-electron chi connectivity index (χ3n) is 2.87. The lowest BCUT2D eigenvalue weighted by molar-refractivity contribution is 0.267. The Bertz CT molecular complexity index is 445. The molecule has 0 saturated carbocycles.